The number of aliphatic carboxylic acids is 4. The molecule has 0 saturated carbocycles. The van der Waals surface area contributed by atoms with Crippen molar-refractivity contribution in [1.29, 1.82) is 0 Å². The first-order valence-electron chi connectivity index (χ1n) is 9.78. The average molecular weight is 454 g/mol. The van der Waals surface area contributed by atoms with Gasteiger partial charge in [0.2, 0.25) is 0 Å². The molecule has 0 aliphatic carbocycles. The van der Waals surface area contributed by atoms with Gasteiger partial charge in [0.15, 0.2) is 6.61 Å². The van der Waals surface area contributed by atoms with E-state index < -0.39 is 30.5 Å². The highest BCUT2D eigenvalue weighted by molar-refractivity contribution is 5.70. The second-order valence-electron chi connectivity index (χ2n) is 7.31. The van der Waals surface area contributed by atoms with E-state index in [0.29, 0.717) is 11.4 Å². The minimum Gasteiger partial charge on any atom is -0.480 e. The van der Waals surface area contributed by atoms with Gasteiger partial charge >= 0.3 is 23.9 Å². The van der Waals surface area contributed by atoms with Crippen molar-refractivity contribution in [2.75, 3.05) is 52.4 Å². The maximum atomic E-state index is 11.3. The molecule has 0 amide bonds. The standard InChI is InChI=1S/C19H26N4O9/c24-16(25)9-21-3-5-22(10-17(26)27)7-13-1-2-15(32-12-19(30)31)14(20-13)8-23(6-4-21)11-18(28)29/h1-2H,3-12H2,(H,24,25)(H,26,27)(H,28,29)(H,30,31). The molecular weight excluding hydrogens is 428 g/mol. The fourth-order valence-electron chi connectivity index (χ4n) is 3.28. The number of rotatable bonds is 9. The average Bonchev–Trinajstić information content (AvgIpc) is 2.67. The van der Waals surface area contributed by atoms with Crippen LogP contribution in [0.3, 0.4) is 0 Å². The van der Waals surface area contributed by atoms with Crippen molar-refractivity contribution < 1.29 is 44.3 Å². The highest BCUT2D eigenvalue weighted by Crippen LogP contribution is 2.20. The number of fused-ring (bicyclic) bond motifs is 2. The zero-order valence-electron chi connectivity index (χ0n) is 17.3. The first-order chi connectivity index (χ1) is 15.1. The molecule has 0 spiro atoms. The summed E-state index contributed by atoms with van der Waals surface area (Å²) in [7, 11) is 0. The Morgan fingerprint density at radius 1 is 0.750 bits per heavy atom. The predicted octanol–water partition coefficient (Wildman–Crippen LogP) is -1.28. The first-order valence-corrected chi connectivity index (χ1v) is 9.78. The van der Waals surface area contributed by atoms with Crippen LogP contribution in [0.25, 0.3) is 0 Å². The fraction of sp³-hybridized carbons (Fsp3) is 0.526. The van der Waals surface area contributed by atoms with E-state index in [-0.39, 0.29) is 64.7 Å². The van der Waals surface area contributed by atoms with Gasteiger partial charge in [0.1, 0.15) is 5.75 Å². The molecule has 32 heavy (non-hydrogen) atoms. The van der Waals surface area contributed by atoms with E-state index in [1.165, 1.54) is 6.07 Å². The predicted molar refractivity (Wildman–Crippen MR) is 107 cm³/mol. The van der Waals surface area contributed by atoms with Gasteiger partial charge in [-0.2, -0.15) is 0 Å². The number of hydrogen-bond acceptors (Lipinski definition) is 9. The van der Waals surface area contributed by atoms with Crippen LogP contribution in [0, 0.1) is 0 Å². The van der Waals surface area contributed by atoms with Gasteiger partial charge in [-0.1, -0.05) is 0 Å². The summed E-state index contributed by atoms with van der Waals surface area (Å²) in [5.41, 5.74) is 0.801. The van der Waals surface area contributed by atoms with Crippen molar-refractivity contribution in [3.8, 4) is 5.75 Å². The third-order valence-electron chi connectivity index (χ3n) is 4.64. The molecule has 0 atom stereocenters. The van der Waals surface area contributed by atoms with Crippen LogP contribution in [0.5, 0.6) is 5.75 Å². The maximum Gasteiger partial charge on any atom is 0.341 e. The molecule has 1 aliphatic heterocycles. The number of pyridine rings is 1. The van der Waals surface area contributed by atoms with E-state index in [0.717, 1.165) is 0 Å². The zero-order chi connectivity index (χ0) is 23.7. The second kappa shape index (κ2) is 11.9. The van der Waals surface area contributed by atoms with Gasteiger partial charge in [-0.05, 0) is 12.1 Å². The van der Waals surface area contributed by atoms with E-state index in [1.807, 2.05) is 0 Å². The number of carboxylic acids is 4. The normalized spacial score (nSPS) is 16.5. The van der Waals surface area contributed by atoms with Gasteiger partial charge in [-0.15, -0.1) is 0 Å². The Labute approximate surface area is 183 Å². The van der Waals surface area contributed by atoms with Crippen molar-refractivity contribution in [1.82, 2.24) is 19.7 Å². The van der Waals surface area contributed by atoms with Gasteiger partial charge in [-0.3, -0.25) is 34.1 Å². The van der Waals surface area contributed by atoms with Crippen LogP contribution in [-0.4, -0.2) is 116 Å². The van der Waals surface area contributed by atoms with Gasteiger partial charge < -0.3 is 25.2 Å². The number of carboxylic acid groups (broad SMARTS) is 4. The Hall–Kier alpha value is -3.29. The minimum absolute atomic E-state index is 0.0228. The van der Waals surface area contributed by atoms with Crippen molar-refractivity contribution in [2.45, 2.75) is 13.1 Å². The van der Waals surface area contributed by atoms with E-state index in [4.69, 9.17) is 9.84 Å². The lowest BCUT2D eigenvalue weighted by Crippen LogP contribution is -2.44. The summed E-state index contributed by atoms with van der Waals surface area (Å²) in [5, 5.41) is 36.6. The molecule has 13 nitrogen and oxygen atoms in total. The lowest BCUT2D eigenvalue weighted by Gasteiger charge is -2.29. The summed E-state index contributed by atoms with van der Waals surface area (Å²) >= 11 is 0. The number of hydrogen-bond donors (Lipinski definition) is 4. The monoisotopic (exact) mass is 454 g/mol. The number of carbonyl (C=O) groups is 4. The SMILES string of the molecule is O=C(O)COc1ccc2nc1CN(CC(=O)O)CCN(CC(=O)O)CCN(CC(=O)O)C2. The summed E-state index contributed by atoms with van der Waals surface area (Å²) < 4.78 is 5.29. The molecular formula is C19H26N4O9. The van der Waals surface area contributed by atoms with E-state index in [9.17, 15) is 34.5 Å². The quantitative estimate of drug-likeness (QED) is 0.346. The van der Waals surface area contributed by atoms with Crippen LogP contribution in [-0.2, 0) is 32.3 Å². The molecule has 176 valence electrons. The highest BCUT2D eigenvalue weighted by atomic mass is 16.5. The van der Waals surface area contributed by atoms with Gasteiger partial charge in [0, 0.05) is 39.3 Å². The molecule has 1 aromatic heterocycles. The molecule has 0 unspecified atom stereocenters. The Balaban J connectivity index is 2.38. The highest BCUT2D eigenvalue weighted by Gasteiger charge is 2.21. The summed E-state index contributed by atoms with van der Waals surface area (Å²) in [6.45, 7) is -0.374. The van der Waals surface area contributed by atoms with Crippen LogP contribution in [0.2, 0.25) is 0 Å². The molecule has 0 saturated heterocycles. The summed E-state index contributed by atoms with van der Waals surface area (Å²) in [6.07, 6.45) is 0. The number of nitrogens with zero attached hydrogens (tertiary/aromatic N) is 4. The van der Waals surface area contributed by atoms with E-state index >= 15 is 0 Å². The first kappa shape index (κ1) is 25.0. The van der Waals surface area contributed by atoms with Gasteiger partial charge in [0.25, 0.3) is 0 Å². The molecule has 0 radical (unpaired) electrons. The number of ether oxygens (including phenoxy) is 1. The molecule has 2 bridgehead atoms. The third kappa shape index (κ3) is 8.83. The molecule has 0 fully saturated rings. The Morgan fingerprint density at radius 3 is 1.78 bits per heavy atom. The molecule has 4 N–H and O–H groups in total. The largest absolute Gasteiger partial charge is 0.480 e. The Bertz CT molecular complexity index is 848. The minimum atomic E-state index is -1.19. The van der Waals surface area contributed by atoms with Gasteiger partial charge in [-0.25, -0.2) is 4.79 Å². The molecule has 1 aliphatic rings. The van der Waals surface area contributed by atoms with E-state index in [1.54, 1.807) is 20.8 Å². The smallest absolute Gasteiger partial charge is 0.341 e. The molecule has 2 heterocycles. The summed E-state index contributed by atoms with van der Waals surface area (Å²) in [5.74, 6) is -4.19. The van der Waals surface area contributed by atoms with Crippen molar-refractivity contribution in [2.24, 2.45) is 0 Å². The zero-order valence-corrected chi connectivity index (χ0v) is 17.3. The van der Waals surface area contributed by atoms with Crippen LogP contribution in [0.15, 0.2) is 12.1 Å². The van der Waals surface area contributed by atoms with Crippen LogP contribution in [0.1, 0.15) is 11.4 Å². The third-order valence-corrected chi connectivity index (χ3v) is 4.64. The lowest BCUT2D eigenvalue weighted by molar-refractivity contribution is -0.140. The maximum absolute atomic E-state index is 11.3. The van der Waals surface area contributed by atoms with Crippen molar-refractivity contribution in [3.63, 3.8) is 0 Å². The topological polar surface area (TPSA) is 181 Å². The second-order valence-corrected chi connectivity index (χ2v) is 7.31. The molecule has 0 aromatic carbocycles. The summed E-state index contributed by atoms with van der Waals surface area (Å²) in [4.78, 5) is 54.0. The molecule has 1 aromatic rings. The van der Waals surface area contributed by atoms with Crippen molar-refractivity contribution in [3.05, 3.63) is 23.5 Å². The van der Waals surface area contributed by atoms with Crippen LogP contribution in [0.4, 0.5) is 0 Å². The molecule has 13 heteroatoms. The lowest BCUT2D eigenvalue weighted by atomic mass is 10.2. The Morgan fingerprint density at radius 2 is 1.25 bits per heavy atom. The van der Waals surface area contributed by atoms with Crippen molar-refractivity contribution >= 4 is 23.9 Å². The summed E-state index contributed by atoms with van der Waals surface area (Å²) in [6, 6.07) is 3.11. The van der Waals surface area contributed by atoms with Crippen LogP contribution < -0.4 is 4.74 Å². The fourth-order valence-corrected chi connectivity index (χ4v) is 3.28. The van der Waals surface area contributed by atoms with E-state index in [2.05, 4.69) is 4.98 Å². The van der Waals surface area contributed by atoms with Crippen LogP contribution >= 0.6 is 0 Å². The van der Waals surface area contributed by atoms with Gasteiger partial charge in [0.05, 0.1) is 31.0 Å². The molecule has 2 rings (SSSR count). The number of aromatic nitrogens is 1. The Kier molecular flexibility index (Phi) is 9.31.